The largest absolute Gasteiger partial charge is 0.465 e. The number of pyridine rings is 1. The molecule has 2 N–H and O–H groups in total. The molecule has 2 rings (SSSR count). The van der Waals surface area contributed by atoms with Gasteiger partial charge in [-0.3, -0.25) is 0 Å². The average molecular weight is 258 g/mol. The SMILES string of the molecule is CC(NC(=O)O)c1ncn(-c2ccc(C#N)cn2)n1. The molecule has 0 aromatic carbocycles. The number of rotatable bonds is 3. The van der Waals surface area contributed by atoms with Gasteiger partial charge in [0.25, 0.3) is 0 Å². The van der Waals surface area contributed by atoms with Gasteiger partial charge >= 0.3 is 6.09 Å². The highest BCUT2D eigenvalue weighted by Crippen LogP contribution is 2.08. The first-order valence-electron chi connectivity index (χ1n) is 5.37. The Morgan fingerprint density at radius 1 is 1.53 bits per heavy atom. The Hall–Kier alpha value is -2.95. The molecule has 0 bridgehead atoms. The summed E-state index contributed by atoms with van der Waals surface area (Å²) in [6.45, 7) is 1.64. The fraction of sp³-hybridized carbons (Fsp3) is 0.182. The van der Waals surface area contributed by atoms with E-state index < -0.39 is 12.1 Å². The van der Waals surface area contributed by atoms with E-state index in [2.05, 4.69) is 20.4 Å². The van der Waals surface area contributed by atoms with Crippen LogP contribution in [0.3, 0.4) is 0 Å². The lowest BCUT2D eigenvalue weighted by Crippen LogP contribution is -2.25. The maximum Gasteiger partial charge on any atom is 0.405 e. The molecule has 2 aromatic heterocycles. The number of carbonyl (C=O) groups is 1. The van der Waals surface area contributed by atoms with Gasteiger partial charge in [0.05, 0.1) is 11.6 Å². The van der Waals surface area contributed by atoms with Gasteiger partial charge in [-0.25, -0.2) is 19.4 Å². The average Bonchev–Trinajstić information content (AvgIpc) is 2.88. The summed E-state index contributed by atoms with van der Waals surface area (Å²) in [5, 5.41) is 23.7. The van der Waals surface area contributed by atoms with Crippen molar-refractivity contribution < 1.29 is 9.90 Å². The van der Waals surface area contributed by atoms with E-state index in [-0.39, 0.29) is 0 Å². The molecule has 0 saturated carbocycles. The molecule has 2 heterocycles. The molecule has 0 spiro atoms. The van der Waals surface area contributed by atoms with Crippen LogP contribution in [0, 0.1) is 11.3 Å². The Labute approximate surface area is 108 Å². The molecule has 0 saturated heterocycles. The van der Waals surface area contributed by atoms with Crippen molar-refractivity contribution in [3.63, 3.8) is 0 Å². The lowest BCUT2D eigenvalue weighted by molar-refractivity contribution is 0.190. The van der Waals surface area contributed by atoms with Gasteiger partial charge in [-0.1, -0.05) is 0 Å². The number of nitrogens with zero attached hydrogens (tertiary/aromatic N) is 5. The monoisotopic (exact) mass is 258 g/mol. The minimum Gasteiger partial charge on any atom is -0.465 e. The third-order valence-electron chi connectivity index (χ3n) is 2.35. The van der Waals surface area contributed by atoms with E-state index in [4.69, 9.17) is 10.4 Å². The van der Waals surface area contributed by atoms with E-state index in [0.29, 0.717) is 17.2 Å². The Morgan fingerprint density at radius 2 is 2.32 bits per heavy atom. The highest BCUT2D eigenvalue weighted by molar-refractivity contribution is 5.64. The normalized spacial score (nSPS) is 11.6. The topological polar surface area (TPSA) is 117 Å². The Morgan fingerprint density at radius 3 is 2.89 bits per heavy atom. The van der Waals surface area contributed by atoms with Crippen molar-refractivity contribution in [1.29, 1.82) is 5.26 Å². The zero-order valence-electron chi connectivity index (χ0n) is 9.98. The van der Waals surface area contributed by atoms with E-state index in [1.54, 1.807) is 19.1 Å². The van der Waals surface area contributed by atoms with E-state index >= 15 is 0 Å². The van der Waals surface area contributed by atoms with Gasteiger partial charge in [-0.05, 0) is 19.1 Å². The van der Waals surface area contributed by atoms with Gasteiger partial charge in [-0.2, -0.15) is 5.26 Å². The van der Waals surface area contributed by atoms with Crippen LogP contribution in [-0.4, -0.2) is 30.9 Å². The van der Waals surface area contributed by atoms with Crippen molar-refractivity contribution in [2.75, 3.05) is 0 Å². The van der Waals surface area contributed by atoms with Crippen LogP contribution >= 0.6 is 0 Å². The zero-order chi connectivity index (χ0) is 13.8. The smallest absolute Gasteiger partial charge is 0.405 e. The number of nitrogens with one attached hydrogen (secondary N) is 1. The van der Waals surface area contributed by atoms with Crippen molar-refractivity contribution in [2.24, 2.45) is 0 Å². The molecule has 96 valence electrons. The third-order valence-corrected chi connectivity index (χ3v) is 2.35. The first kappa shape index (κ1) is 12.5. The van der Waals surface area contributed by atoms with Crippen LogP contribution in [0.1, 0.15) is 24.4 Å². The molecule has 0 aliphatic rings. The van der Waals surface area contributed by atoms with Crippen molar-refractivity contribution in [2.45, 2.75) is 13.0 Å². The van der Waals surface area contributed by atoms with Crippen LogP contribution in [-0.2, 0) is 0 Å². The lowest BCUT2D eigenvalue weighted by atomic mass is 10.3. The van der Waals surface area contributed by atoms with Gasteiger partial charge in [0.15, 0.2) is 11.6 Å². The molecule has 1 unspecified atom stereocenters. The summed E-state index contributed by atoms with van der Waals surface area (Å²) in [5.74, 6) is 0.842. The summed E-state index contributed by atoms with van der Waals surface area (Å²) in [5.41, 5.74) is 0.449. The maximum absolute atomic E-state index is 10.5. The van der Waals surface area contributed by atoms with Gasteiger partial charge < -0.3 is 10.4 Å². The second-order valence-corrected chi connectivity index (χ2v) is 3.74. The number of amides is 1. The zero-order valence-corrected chi connectivity index (χ0v) is 9.98. The summed E-state index contributed by atoms with van der Waals surface area (Å²) in [4.78, 5) is 18.6. The van der Waals surface area contributed by atoms with E-state index in [0.717, 1.165) is 0 Å². The molecule has 0 fully saturated rings. The first-order valence-corrected chi connectivity index (χ1v) is 5.37. The fourth-order valence-electron chi connectivity index (χ4n) is 1.42. The summed E-state index contributed by atoms with van der Waals surface area (Å²) in [6, 6.07) is 4.70. The lowest BCUT2D eigenvalue weighted by Gasteiger charge is -2.05. The summed E-state index contributed by atoms with van der Waals surface area (Å²) >= 11 is 0. The highest BCUT2D eigenvalue weighted by atomic mass is 16.4. The first-order chi connectivity index (χ1) is 9.10. The van der Waals surface area contributed by atoms with Crippen LogP contribution < -0.4 is 5.32 Å². The molecule has 19 heavy (non-hydrogen) atoms. The molecule has 0 aliphatic heterocycles. The van der Waals surface area contributed by atoms with Gasteiger partial charge in [0, 0.05) is 6.20 Å². The molecule has 0 aliphatic carbocycles. The van der Waals surface area contributed by atoms with Crippen molar-refractivity contribution in [1.82, 2.24) is 25.1 Å². The minimum absolute atomic E-state index is 0.341. The molecule has 1 atom stereocenters. The molecular formula is C11H10N6O2. The Kier molecular flexibility index (Phi) is 3.38. The summed E-state index contributed by atoms with van der Waals surface area (Å²) < 4.78 is 1.41. The van der Waals surface area contributed by atoms with Crippen molar-refractivity contribution in [3.8, 4) is 11.9 Å². The van der Waals surface area contributed by atoms with E-state index in [9.17, 15) is 4.79 Å². The molecule has 0 radical (unpaired) electrons. The van der Waals surface area contributed by atoms with E-state index in [1.165, 1.54) is 17.2 Å². The number of hydrogen-bond acceptors (Lipinski definition) is 5. The van der Waals surface area contributed by atoms with Gasteiger partial charge in [0.1, 0.15) is 12.4 Å². The van der Waals surface area contributed by atoms with Gasteiger partial charge in [-0.15, -0.1) is 5.10 Å². The van der Waals surface area contributed by atoms with Crippen molar-refractivity contribution in [3.05, 3.63) is 36.0 Å². The van der Waals surface area contributed by atoms with Crippen LogP contribution in [0.2, 0.25) is 0 Å². The van der Waals surface area contributed by atoms with E-state index in [1.807, 2.05) is 6.07 Å². The van der Waals surface area contributed by atoms with Crippen LogP contribution in [0.5, 0.6) is 0 Å². The molecule has 8 nitrogen and oxygen atoms in total. The third kappa shape index (κ3) is 2.84. The molecule has 1 amide bonds. The standard InChI is InChI=1S/C11H10N6O2/c1-7(15-11(18)19)10-14-6-17(16-10)9-3-2-8(4-12)5-13-9/h2-3,5-7,15H,1H3,(H,18,19). The second-order valence-electron chi connectivity index (χ2n) is 3.74. The highest BCUT2D eigenvalue weighted by Gasteiger charge is 2.13. The summed E-state index contributed by atoms with van der Waals surface area (Å²) in [7, 11) is 0. The van der Waals surface area contributed by atoms with Gasteiger partial charge in [0.2, 0.25) is 0 Å². The van der Waals surface area contributed by atoms with Crippen LogP contribution in [0.15, 0.2) is 24.7 Å². The quantitative estimate of drug-likeness (QED) is 0.843. The predicted molar refractivity (Wildman–Crippen MR) is 63.4 cm³/mol. The Bertz CT molecular complexity index is 627. The summed E-state index contributed by atoms with van der Waals surface area (Å²) in [6.07, 6.45) is 1.72. The predicted octanol–water partition coefficient (Wildman–Crippen LogP) is 0.863. The second kappa shape index (κ2) is 5.14. The number of hydrogen-bond donors (Lipinski definition) is 2. The number of aromatic nitrogens is 4. The minimum atomic E-state index is -1.14. The number of carboxylic acid groups (broad SMARTS) is 1. The Balaban J connectivity index is 2.20. The van der Waals surface area contributed by atoms with Crippen molar-refractivity contribution >= 4 is 6.09 Å². The molecule has 8 heteroatoms. The maximum atomic E-state index is 10.5. The van der Waals surface area contributed by atoms with Crippen LogP contribution in [0.25, 0.3) is 5.82 Å². The molecular weight excluding hydrogens is 248 g/mol. The fourth-order valence-corrected chi connectivity index (χ4v) is 1.42. The molecule has 2 aromatic rings. The number of nitriles is 1. The van der Waals surface area contributed by atoms with Crippen LogP contribution in [0.4, 0.5) is 4.79 Å².